The molecular weight excluding hydrogens is 350 g/mol. The minimum Gasteiger partial charge on any atom is -0.376 e. The Morgan fingerprint density at radius 1 is 1.10 bits per heavy atom. The second kappa shape index (κ2) is 6.05. The van der Waals surface area contributed by atoms with Crippen LogP contribution in [0.15, 0.2) is 46.9 Å². The zero-order chi connectivity index (χ0) is 15.6. The number of benzene rings is 2. The van der Waals surface area contributed by atoms with Crippen molar-refractivity contribution < 1.29 is 17.6 Å². The second-order valence-corrected chi connectivity index (χ2v) is 5.49. The maximum Gasteiger partial charge on any atom is 0.416 e. The molecule has 0 saturated heterocycles. The Kier molecular flexibility index (Phi) is 4.56. The Hall–Kier alpha value is -1.56. The van der Waals surface area contributed by atoms with Gasteiger partial charge in [-0.1, -0.05) is 34.1 Å². The average molecular weight is 362 g/mol. The van der Waals surface area contributed by atoms with Crippen molar-refractivity contribution in [1.82, 2.24) is 0 Å². The van der Waals surface area contributed by atoms with Crippen LogP contribution in [0.25, 0.3) is 0 Å². The molecule has 0 bridgehead atoms. The Labute approximate surface area is 128 Å². The van der Waals surface area contributed by atoms with E-state index in [0.717, 1.165) is 6.07 Å². The zero-order valence-electron chi connectivity index (χ0n) is 11.0. The SMILES string of the molecule is CC(Nc1ccc(Br)cc1F)c1ccccc1C(F)(F)F. The predicted molar refractivity (Wildman–Crippen MR) is 77.6 cm³/mol. The van der Waals surface area contributed by atoms with Crippen molar-refractivity contribution >= 4 is 21.6 Å². The first-order chi connectivity index (χ1) is 9.79. The fourth-order valence-electron chi connectivity index (χ4n) is 2.05. The molecule has 0 aromatic heterocycles. The summed E-state index contributed by atoms with van der Waals surface area (Å²) in [5, 5.41) is 2.77. The van der Waals surface area contributed by atoms with Gasteiger partial charge in [-0.15, -0.1) is 0 Å². The Bertz CT molecular complexity index is 640. The van der Waals surface area contributed by atoms with Crippen LogP contribution < -0.4 is 5.32 Å². The number of alkyl halides is 3. The molecule has 21 heavy (non-hydrogen) atoms. The van der Waals surface area contributed by atoms with Gasteiger partial charge in [0.05, 0.1) is 11.3 Å². The Morgan fingerprint density at radius 2 is 1.76 bits per heavy atom. The molecule has 1 nitrogen and oxygen atoms in total. The summed E-state index contributed by atoms with van der Waals surface area (Å²) in [5.74, 6) is -0.527. The highest BCUT2D eigenvalue weighted by atomic mass is 79.9. The average Bonchev–Trinajstić information content (AvgIpc) is 2.41. The molecule has 0 aliphatic heterocycles. The smallest absolute Gasteiger partial charge is 0.376 e. The van der Waals surface area contributed by atoms with Crippen LogP contribution in [0.5, 0.6) is 0 Å². The van der Waals surface area contributed by atoms with Gasteiger partial charge >= 0.3 is 6.18 Å². The molecule has 0 amide bonds. The lowest BCUT2D eigenvalue weighted by atomic mass is 10.0. The molecule has 1 atom stereocenters. The van der Waals surface area contributed by atoms with E-state index in [1.807, 2.05) is 0 Å². The molecule has 1 unspecified atom stereocenters. The quantitative estimate of drug-likeness (QED) is 0.683. The molecule has 2 aromatic rings. The van der Waals surface area contributed by atoms with E-state index in [2.05, 4.69) is 21.2 Å². The van der Waals surface area contributed by atoms with Gasteiger partial charge in [-0.05, 0) is 36.8 Å². The molecule has 0 aliphatic rings. The third-order valence-corrected chi connectivity index (χ3v) is 3.53. The van der Waals surface area contributed by atoms with Gasteiger partial charge in [-0.25, -0.2) is 4.39 Å². The van der Waals surface area contributed by atoms with Gasteiger partial charge in [0.2, 0.25) is 0 Å². The molecule has 0 spiro atoms. The fraction of sp³-hybridized carbons (Fsp3) is 0.200. The number of hydrogen-bond acceptors (Lipinski definition) is 1. The van der Waals surface area contributed by atoms with E-state index in [1.54, 1.807) is 13.0 Å². The lowest BCUT2D eigenvalue weighted by Crippen LogP contribution is -2.15. The molecule has 0 saturated carbocycles. The van der Waals surface area contributed by atoms with Crippen LogP contribution in [0.2, 0.25) is 0 Å². The lowest BCUT2D eigenvalue weighted by Gasteiger charge is -2.20. The molecule has 0 heterocycles. The van der Waals surface area contributed by atoms with Crippen molar-refractivity contribution in [1.29, 1.82) is 0 Å². The third kappa shape index (κ3) is 3.75. The van der Waals surface area contributed by atoms with Crippen LogP contribution in [0, 0.1) is 5.82 Å². The van der Waals surface area contributed by atoms with Crippen molar-refractivity contribution in [2.24, 2.45) is 0 Å². The van der Waals surface area contributed by atoms with E-state index >= 15 is 0 Å². The molecule has 1 N–H and O–H groups in total. The number of hydrogen-bond donors (Lipinski definition) is 1. The zero-order valence-corrected chi connectivity index (χ0v) is 12.6. The summed E-state index contributed by atoms with van der Waals surface area (Å²) >= 11 is 3.13. The highest BCUT2D eigenvalue weighted by Crippen LogP contribution is 2.35. The summed E-state index contributed by atoms with van der Waals surface area (Å²) in [6.45, 7) is 1.56. The van der Waals surface area contributed by atoms with Crippen molar-refractivity contribution in [3.05, 3.63) is 63.9 Å². The summed E-state index contributed by atoms with van der Waals surface area (Å²) in [6, 6.07) is 8.94. The van der Waals surface area contributed by atoms with Crippen LogP contribution in [0.3, 0.4) is 0 Å². The standard InChI is InChI=1S/C15H12BrF4N/c1-9(21-14-7-6-10(16)8-13(14)17)11-4-2-3-5-12(11)15(18,19)20/h2-9,21H,1H3. The maximum absolute atomic E-state index is 13.7. The molecule has 112 valence electrons. The summed E-state index contributed by atoms with van der Waals surface area (Å²) in [6.07, 6.45) is -4.44. The normalized spacial score (nSPS) is 13.0. The van der Waals surface area contributed by atoms with Gasteiger partial charge in [0, 0.05) is 10.5 Å². The van der Waals surface area contributed by atoms with Gasteiger partial charge in [0.1, 0.15) is 5.82 Å². The molecular formula is C15H12BrF4N. The Balaban J connectivity index is 2.31. The van der Waals surface area contributed by atoms with Gasteiger partial charge in [-0.3, -0.25) is 0 Å². The van der Waals surface area contributed by atoms with E-state index in [0.29, 0.717) is 4.47 Å². The van der Waals surface area contributed by atoms with Crippen molar-refractivity contribution in [3.63, 3.8) is 0 Å². The van der Waals surface area contributed by atoms with E-state index in [-0.39, 0.29) is 11.3 Å². The topological polar surface area (TPSA) is 12.0 Å². The summed E-state index contributed by atoms with van der Waals surface area (Å²) < 4.78 is 53.2. The van der Waals surface area contributed by atoms with E-state index in [4.69, 9.17) is 0 Å². The van der Waals surface area contributed by atoms with Crippen LogP contribution in [0.1, 0.15) is 24.1 Å². The summed E-state index contributed by atoms with van der Waals surface area (Å²) in [7, 11) is 0. The summed E-state index contributed by atoms with van der Waals surface area (Å²) in [4.78, 5) is 0. The van der Waals surface area contributed by atoms with E-state index in [9.17, 15) is 17.6 Å². The number of anilines is 1. The van der Waals surface area contributed by atoms with Crippen LogP contribution in [0.4, 0.5) is 23.2 Å². The first kappa shape index (κ1) is 15.8. The van der Waals surface area contributed by atoms with E-state index in [1.165, 1.54) is 30.3 Å². The molecule has 6 heteroatoms. The minimum absolute atomic E-state index is 0.0762. The third-order valence-electron chi connectivity index (χ3n) is 3.04. The van der Waals surface area contributed by atoms with Gasteiger partial charge in [0.15, 0.2) is 0 Å². The van der Waals surface area contributed by atoms with Crippen LogP contribution >= 0.6 is 15.9 Å². The van der Waals surface area contributed by atoms with Crippen LogP contribution in [-0.4, -0.2) is 0 Å². The highest BCUT2D eigenvalue weighted by Gasteiger charge is 2.34. The first-order valence-electron chi connectivity index (χ1n) is 6.16. The number of nitrogens with one attached hydrogen (secondary N) is 1. The lowest BCUT2D eigenvalue weighted by molar-refractivity contribution is -0.138. The van der Waals surface area contributed by atoms with Gasteiger partial charge < -0.3 is 5.32 Å². The Morgan fingerprint density at radius 3 is 2.38 bits per heavy atom. The monoisotopic (exact) mass is 361 g/mol. The molecule has 0 radical (unpaired) electrons. The second-order valence-electron chi connectivity index (χ2n) is 4.58. The molecule has 2 rings (SSSR count). The molecule has 2 aromatic carbocycles. The fourth-order valence-corrected chi connectivity index (χ4v) is 2.38. The molecule has 0 fully saturated rings. The number of rotatable bonds is 3. The van der Waals surface area contributed by atoms with Crippen LogP contribution in [-0.2, 0) is 6.18 Å². The van der Waals surface area contributed by atoms with Gasteiger partial charge in [0.25, 0.3) is 0 Å². The summed E-state index contributed by atoms with van der Waals surface area (Å²) in [5.41, 5.74) is -0.488. The highest BCUT2D eigenvalue weighted by molar-refractivity contribution is 9.10. The first-order valence-corrected chi connectivity index (χ1v) is 6.96. The molecule has 0 aliphatic carbocycles. The van der Waals surface area contributed by atoms with Crippen molar-refractivity contribution in [3.8, 4) is 0 Å². The largest absolute Gasteiger partial charge is 0.416 e. The maximum atomic E-state index is 13.7. The van der Waals surface area contributed by atoms with Crippen molar-refractivity contribution in [2.75, 3.05) is 5.32 Å². The van der Waals surface area contributed by atoms with Crippen molar-refractivity contribution in [2.45, 2.75) is 19.1 Å². The minimum atomic E-state index is -4.44. The van der Waals surface area contributed by atoms with Gasteiger partial charge in [-0.2, -0.15) is 13.2 Å². The number of halogens is 5. The van der Waals surface area contributed by atoms with E-state index < -0.39 is 23.6 Å². The predicted octanol–water partition coefficient (Wildman–Crippen LogP) is 5.78.